The van der Waals surface area contributed by atoms with Gasteiger partial charge in [-0.2, -0.15) is 0 Å². The topological polar surface area (TPSA) is 12.0 Å². The van der Waals surface area contributed by atoms with Gasteiger partial charge in [0.2, 0.25) is 0 Å². The molecule has 0 bridgehead atoms. The minimum atomic E-state index is 0.578. The Morgan fingerprint density at radius 3 is 2.55 bits per heavy atom. The Kier molecular flexibility index (Phi) is 4.23. The number of benzene rings is 1. The lowest BCUT2D eigenvalue weighted by Gasteiger charge is -2.38. The second-order valence-corrected chi connectivity index (χ2v) is 7.43. The van der Waals surface area contributed by atoms with Gasteiger partial charge in [0.15, 0.2) is 0 Å². The van der Waals surface area contributed by atoms with Gasteiger partial charge < -0.3 is 5.32 Å². The first kappa shape index (κ1) is 13.8. The van der Waals surface area contributed by atoms with Gasteiger partial charge in [-0.15, -0.1) is 11.3 Å². The quantitative estimate of drug-likeness (QED) is 0.851. The van der Waals surface area contributed by atoms with Crippen LogP contribution >= 0.6 is 11.3 Å². The van der Waals surface area contributed by atoms with Gasteiger partial charge in [0.05, 0.1) is 0 Å². The van der Waals surface area contributed by atoms with Crippen molar-refractivity contribution < 1.29 is 0 Å². The van der Waals surface area contributed by atoms with Gasteiger partial charge in [0, 0.05) is 21.8 Å². The Labute approximate surface area is 126 Å². The summed E-state index contributed by atoms with van der Waals surface area (Å²) in [6, 6.07) is 16.7. The van der Waals surface area contributed by atoms with Gasteiger partial charge in [-0.3, -0.25) is 0 Å². The van der Waals surface area contributed by atoms with Gasteiger partial charge in [-0.05, 0) is 56.7 Å². The van der Waals surface area contributed by atoms with Crippen molar-refractivity contribution in [2.75, 3.05) is 0 Å². The smallest absolute Gasteiger partial charge is 0.00896 e. The minimum Gasteiger partial charge on any atom is -0.311 e. The van der Waals surface area contributed by atoms with Crippen LogP contribution in [0.1, 0.15) is 41.0 Å². The number of thiophene rings is 1. The fourth-order valence-electron chi connectivity index (χ4n) is 3.11. The summed E-state index contributed by atoms with van der Waals surface area (Å²) in [5.74, 6) is 0.768. The van der Waals surface area contributed by atoms with Crippen molar-refractivity contribution >= 4 is 11.3 Å². The summed E-state index contributed by atoms with van der Waals surface area (Å²) in [6.07, 6.45) is 3.74. The molecule has 20 heavy (non-hydrogen) atoms. The summed E-state index contributed by atoms with van der Waals surface area (Å²) in [4.78, 5) is 2.92. The van der Waals surface area contributed by atoms with Gasteiger partial charge in [-0.1, -0.05) is 30.3 Å². The second kappa shape index (κ2) is 6.11. The van der Waals surface area contributed by atoms with Crippen LogP contribution in [-0.4, -0.2) is 12.1 Å². The molecule has 2 heteroatoms. The fraction of sp³-hybridized carbons (Fsp3) is 0.444. The SMILES string of the molecule is Cc1ccc(CC(C)NC2CC(c3ccccc3)C2)s1. The third-order valence-corrected chi connectivity index (χ3v) is 5.26. The zero-order valence-corrected chi connectivity index (χ0v) is 13.1. The van der Waals surface area contributed by atoms with Gasteiger partial charge >= 0.3 is 0 Å². The van der Waals surface area contributed by atoms with Crippen LogP contribution in [-0.2, 0) is 6.42 Å². The standard InChI is InChI=1S/C18H23NS/c1-13(10-18-9-8-14(2)20-18)19-17-11-16(12-17)15-6-4-3-5-7-15/h3-9,13,16-17,19H,10-12H2,1-2H3. The molecule has 1 aliphatic rings. The summed E-state index contributed by atoms with van der Waals surface area (Å²) in [7, 11) is 0. The fourth-order valence-corrected chi connectivity index (χ4v) is 4.13. The second-order valence-electron chi connectivity index (χ2n) is 6.06. The number of aryl methyl sites for hydroxylation is 1. The monoisotopic (exact) mass is 285 g/mol. The molecule has 1 aliphatic carbocycles. The molecule has 1 nitrogen and oxygen atoms in total. The molecule has 0 radical (unpaired) electrons. The first-order valence-corrected chi connectivity index (χ1v) is 8.38. The average molecular weight is 285 g/mol. The average Bonchev–Trinajstić information content (AvgIpc) is 2.80. The molecule has 1 atom stereocenters. The molecule has 3 rings (SSSR count). The maximum Gasteiger partial charge on any atom is 0.00896 e. The van der Waals surface area contributed by atoms with E-state index in [2.05, 4.69) is 61.6 Å². The third kappa shape index (κ3) is 3.31. The molecule has 0 amide bonds. The highest BCUT2D eigenvalue weighted by molar-refractivity contribution is 7.11. The predicted molar refractivity (Wildman–Crippen MR) is 87.6 cm³/mol. The van der Waals surface area contributed by atoms with Crippen LogP contribution in [0, 0.1) is 6.92 Å². The molecule has 1 heterocycles. The Morgan fingerprint density at radius 2 is 1.90 bits per heavy atom. The van der Waals surface area contributed by atoms with Crippen LogP contribution in [0.3, 0.4) is 0 Å². The molecule has 1 saturated carbocycles. The molecule has 106 valence electrons. The van der Waals surface area contributed by atoms with Gasteiger partial charge in [0.25, 0.3) is 0 Å². The summed E-state index contributed by atoms with van der Waals surface area (Å²) >= 11 is 1.93. The molecule has 1 aromatic carbocycles. The van der Waals surface area contributed by atoms with E-state index in [0.29, 0.717) is 12.1 Å². The minimum absolute atomic E-state index is 0.578. The molecule has 1 N–H and O–H groups in total. The summed E-state index contributed by atoms with van der Waals surface area (Å²) in [6.45, 7) is 4.49. The van der Waals surface area contributed by atoms with Crippen molar-refractivity contribution in [3.05, 3.63) is 57.8 Å². The van der Waals surface area contributed by atoms with Crippen LogP contribution in [0.15, 0.2) is 42.5 Å². The zero-order chi connectivity index (χ0) is 13.9. The Hall–Kier alpha value is -1.12. The first-order valence-electron chi connectivity index (χ1n) is 7.57. The Balaban J connectivity index is 1.44. The maximum atomic E-state index is 3.78. The molecular formula is C18H23NS. The van der Waals surface area contributed by atoms with Crippen molar-refractivity contribution in [3.63, 3.8) is 0 Å². The van der Waals surface area contributed by atoms with E-state index in [4.69, 9.17) is 0 Å². The van der Waals surface area contributed by atoms with Crippen molar-refractivity contribution in [2.45, 2.75) is 51.1 Å². The predicted octanol–water partition coefficient (Wildman–Crippen LogP) is 4.52. The van der Waals surface area contributed by atoms with E-state index < -0.39 is 0 Å². The van der Waals surface area contributed by atoms with E-state index >= 15 is 0 Å². The molecular weight excluding hydrogens is 262 g/mol. The summed E-state index contributed by atoms with van der Waals surface area (Å²) in [5.41, 5.74) is 1.51. The third-order valence-electron chi connectivity index (χ3n) is 4.23. The van der Waals surface area contributed by atoms with Crippen molar-refractivity contribution in [1.82, 2.24) is 5.32 Å². The molecule has 0 aliphatic heterocycles. The van der Waals surface area contributed by atoms with E-state index in [9.17, 15) is 0 Å². The maximum absolute atomic E-state index is 3.78. The zero-order valence-electron chi connectivity index (χ0n) is 12.3. The molecule has 0 spiro atoms. The number of rotatable bonds is 5. The summed E-state index contributed by atoms with van der Waals surface area (Å²) in [5, 5.41) is 3.78. The highest BCUT2D eigenvalue weighted by Gasteiger charge is 2.30. The number of hydrogen-bond donors (Lipinski definition) is 1. The Bertz CT molecular complexity index is 540. The van der Waals surface area contributed by atoms with Crippen molar-refractivity contribution in [1.29, 1.82) is 0 Å². The van der Waals surface area contributed by atoms with E-state index in [1.54, 1.807) is 0 Å². The van der Waals surface area contributed by atoms with E-state index in [-0.39, 0.29) is 0 Å². The first-order chi connectivity index (χ1) is 9.70. The molecule has 1 unspecified atom stereocenters. The molecule has 1 aromatic heterocycles. The lowest BCUT2D eigenvalue weighted by Crippen LogP contribution is -2.45. The van der Waals surface area contributed by atoms with Crippen LogP contribution in [0.5, 0.6) is 0 Å². The van der Waals surface area contributed by atoms with E-state index in [0.717, 1.165) is 12.3 Å². The molecule has 0 saturated heterocycles. The highest BCUT2D eigenvalue weighted by Crippen LogP contribution is 2.37. The van der Waals surface area contributed by atoms with Crippen LogP contribution in [0.25, 0.3) is 0 Å². The van der Waals surface area contributed by atoms with Crippen LogP contribution in [0.2, 0.25) is 0 Å². The molecule has 2 aromatic rings. The Morgan fingerprint density at radius 1 is 1.15 bits per heavy atom. The van der Waals surface area contributed by atoms with Crippen LogP contribution in [0.4, 0.5) is 0 Å². The molecule has 1 fully saturated rings. The van der Waals surface area contributed by atoms with Gasteiger partial charge in [0.1, 0.15) is 0 Å². The van der Waals surface area contributed by atoms with Crippen molar-refractivity contribution in [3.8, 4) is 0 Å². The lowest BCUT2D eigenvalue weighted by molar-refractivity contribution is 0.269. The van der Waals surface area contributed by atoms with Crippen LogP contribution < -0.4 is 5.32 Å². The number of hydrogen-bond acceptors (Lipinski definition) is 2. The van der Waals surface area contributed by atoms with Crippen molar-refractivity contribution in [2.24, 2.45) is 0 Å². The van der Waals surface area contributed by atoms with E-state index in [1.807, 2.05) is 11.3 Å². The largest absolute Gasteiger partial charge is 0.311 e. The number of nitrogens with one attached hydrogen (secondary N) is 1. The lowest BCUT2D eigenvalue weighted by atomic mass is 9.75. The van der Waals surface area contributed by atoms with Gasteiger partial charge in [-0.25, -0.2) is 0 Å². The highest BCUT2D eigenvalue weighted by atomic mass is 32.1. The van der Waals surface area contributed by atoms with E-state index in [1.165, 1.54) is 28.2 Å². The summed E-state index contributed by atoms with van der Waals surface area (Å²) < 4.78 is 0. The normalized spacial score (nSPS) is 23.3.